The molecular formula is C10H9NO2S2. The third kappa shape index (κ3) is 1.93. The third-order valence-corrected chi connectivity index (χ3v) is 4.08. The average Bonchev–Trinajstić information content (AvgIpc) is 2.86. The molecule has 0 unspecified atom stereocenters. The van der Waals surface area contributed by atoms with E-state index < -0.39 is 5.97 Å². The van der Waals surface area contributed by atoms with Gasteiger partial charge in [-0.25, -0.2) is 9.78 Å². The van der Waals surface area contributed by atoms with E-state index in [1.807, 2.05) is 24.4 Å². The molecule has 0 spiro atoms. The van der Waals surface area contributed by atoms with Crippen molar-refractivity contribution in [2.24, 2.45) is 0 Å². The van der Waals surface area contributed by atoms with Gasteiger partial charge >= 0.3 is 5.97 Å². The predicted molar refractivity (Wildman–Crippen MR) is 61.8 cm³/mol. The summed E-state index contributed by atoms with van der Waals surface area (Å²) in [5.41, 5.74) is 0.677. The molecule has 5 heteroatoms. The van der Waals surface area contributed by atoms with Crippen LogP contribution in [0, 0.1) is 0 Å². The molecule has 1 N–H and O–H groups in total. The molecule has 2 heterocycles. The molecule has 15 heavy (non-hydrogen) atoms. The van der Waals surface area contributed by atoms with Gasteiger partial charge in [-0.2, -0.15) is 0 Å². The normalized spacial score (nSPS) is 10.5. The molecule has 2 aromatic heterocycles. The van der Waals surface area contributed by atoms with Crippen molar-refractivity contribution < 1.29 is 9.90 Å². The molecule has 0 aliphatic heterocycles. The second-order valence-corrected chi connectivity index (χ2v) is 4.88. The number of aromatic carboxylic acids is 1. The van der Waals surface area contributed by atoms with Crippen molar-refractivity contribution in [3.8, 4) is 9.88 Å². The summed E-state index contributed by atoms with van der Waals surface area (Å²) < 4.78 is 0. The van der Waals surface area contributed by atoms with Gasteiger partial charge in [0.2, 0.25) is 0 Å². The van der Waals surface area contributed by atoms with Crippen LogP contribution < -0.4 is 0 Å². The number of carboxylic acid groups (broad SMARTS) is 1. The lowest BCUT2D eigenvalue weighted by Crippen LogP contribution is -1.97. The van der Waals surface area contributed by atoms with E-state index in [2.05, 4.69) is 4.98 Å². The molecule has 2 rings (SSSR count). The summed E-state index contributed by atoms with van der Waals surface area (Å²) in [7, 11) is 0. The maximum Gasteiger partial charge on any atom is 0.347 e. The summed E-state index contributed by atoms with van der Waals surface area (Å²) in [4.78, 5) is 16.7. The monoisotopic (exact) mass is 239 g/mol. The molecular weight excluding hydrogens is 230 g/mol. The summed E-state index contributed by atoms with van der Waals surface area (Å²) in [5, 5.41) is 11.7. The Labute approximate surface area is 95.0 Å². The molecule has 2 aromatic rings. The molecule has 78 valence electrons. The number of hydrogen-bond acceptors (Lipinski definition) is 4. The lowest BCUT2D eigenvalue weighted by molar-refractivity contribution is 0.0701. The average molecular weight is 239 g/mol. The number of aryl methyl sites for hydroxylation is 1. The van der Waals surface area contributed by atoms with Crippen molar-refractivity contribution in [3.63, 3.8) is 0 Å². The Morgan fingerprint density at radius 2 is 2.40 bits per heavy atom. The van der Waals surface area contributed by atoms with Crippen molar-refractivity contribution in [2.75, 3.05) is 0 Å². The zero-order chi connectivity index (χ0) is 10.8. The van der Waals surface area contributed by atoms with Crippen molar-refractivity contribution in [3.05, 3.63) is 28.1 Å². The number of carbonyl (C=O) groups is 1. The van der Waals surface area contributed by atoms with Gasteiger partial charge < -0.3 is 5.11 Å². The van der Waals surface area contributed by atoms with Gasteiger partial charge in [0.05, 0.1) is 10.6 Å². The van der Waals surface area contributed by atoms with Gasteiger partial charge in [0.15, 0.2) is 0 Å². The predicted octanol–water partition coefficient (Wildman–Crippen LogP) is 3.13. The second-order valence-electron chi connectivity index (χ2n) is 2.93. The van der Waals surface area contributed by atoms with Crippen molar-refractivity contribution in [1.82, 2.24) is 4.98 Å². The first kappa shape index (κ1) is 10.3. The summed E-state index contributed by atoms with van der Waals surface area (Å²) in [6.45, 7) is 1.92. The number of thiazole rings is 1. The Kier molecular flexibility index (Phi) is 2.83. The number of rotatable bonds is 3. The molecule has 0 saturated carbocycles. The first-order chi connectivity index (χ1) is 7.22. The fraction of sp³-hybridized carbons (Fsp3) is 0.200. The van der Waals surface area contributed by atoms with Gasteiger partial charge in [-0.15, -0.1) is 22.7 Å². The van der Waals surface area contributed by atoms with Crippen LogP contribution in [-0.4, -0.2) is 16.1 Å². The van der Waals surface area contributed by atoms with Crippen LogP contribution in [0.25, 0.3) is 9.88 Å². The Bertz CT molecular complexity index is 474. The molecule has 0 fully saturated rings. The zero-order valence-corrected chi connectivity index (χ0v) is 9.69. The van der Waals surface area contributed by atoms with Crippen LogP contribution in [0.2, 0.25) is 0 Å². The Morgan fingerprint density at radius 3 is 2.87 bits per heavy atom. The maximum atomic E-state index is 10.9. The van der Waals surface area contributed by atoms with Crippen LogP contribution in [-0.2, 0) is 6.42 Å². The van der Waals surface area contributed by atoms with Gasteiger partial charge in [0.25, 0.3) is 0 Å². The van der Waals surface area contributed by atoms with Crippen LogP contribution in [0.15, 0.2) is 17.5 Å². The smallest absolute Gasteiger partial charge is 0.347 e. The third-order valence-electron chi connectivity index (χ3n) is 1.96. The summed E-state index contributed by atoms with van der Waals surface area (Å²) >= 11 is 2.82. The van der Waals surface area contributed by atoms with Crippen LogP contribution in [0.4, 0.5) is 0 Å². The van der Waals surface area contributed by atoms with Gasteiger partial charge in [0, 0.05) is 0 Å². The lowest BCUT2D eigenvalue weighted by atomic mass is 10.3. The van der Waals surface area contributed by atoms with E-state index in [-0.39, 0.29) is 0 Å². The van der Waals surface area contributed by atoms with E-state index in [1.165, 1.54) is 11.3 Å². The van der Waals surface area contributed by atoms with Crippen LogP contribution in [0.1, 0.15) is 22.3 Å². The molecule has 3 nitrogen and oxygen atoms in total. The van der Waals surface area contributed by atoms with Crippen molar-refractivity contribution in [2.45, 2.75) is 13.3 Å². The standard InChI is InChI=1S/C10H9NO2S2/c1-2-6-8(10(12)13)15-9(11-6)7-4-3-5-14-7/h3-5H,2H2,1H3,(H,12,13). The highest BCUT2D eigenvalue weighted by atomic mass is 32.1. The second kappa shape index (κ2) is 4.12. The number of aromatic nitrogens is 1. The quantitative estimate of drug-likeness (QED) is 0.895. The van der Waals surface area contributed by atoms with Crippen LogP contribution in [0.3, 0.4) is 0 Å². The number of hydrogen-bond donors (Lipinski definition) is 1. The van der Waals surface area contributed by atoms with E-state index in [1.54, 1.807) is 11.3 Å². The van der Waals surface area contributed by atoms with E-state index in [4.69, 9.17) is 5.11 Å². The SMILES string of the molecule is CCc1nc(-c2cccs2)sc1C(=O)O. The van der Waals surface area contributed by atoms with Crippen LogP contribution >= 0.6 is 22.7 Å². The molecule has 0 amide bonds. The fourth-order valence-corrected chi connectivity index (χ4v) is 3.05. The van der Waals surface area contributed by atoms with Gasteiger partial charge in [-0.05, 0) is 17.9 Å². The largest absolute Gasteiger partial charge is 0.477 e. The molecule has 0 aliphatic rings. The van der Waals surface area contributed by atoms with Crippen molar-refractivity contribution >= 4 is 28.6 Å². The minimum atomic E-state index is -0.882. The van der Waals surface area contributed by atoms with E-state index in [0.29, 0.717) is 17.0 Å². The first-order valence-electron chi connectivity index (χ1n) is 4.49. The summed E-state index contributed by atoms with van der Waals surface area (Å²) in [6, 6.07) is 3.89. The Morgan fingerprint density at radius 1 is 1.60 bits per heavy atom. The number of thiophene rings is 1. The Hall–Kier alpha value is -1.20. The first-order valence-corrected chi connectivity index (χ1v) is 6.19. The van der Waals surface area contributed by atoms with Gasteiger partial charge in [-0.3, -0.25) is 0 Å². The van der Waals surface area contributed by atoms with E-state index >= 15 is 0 Å². The minimum absolute atomic E-state index is 0.362. The van der Waals surface area contributed by atoms with E-state index in [9.17, 15) is 4.79 Å². The molecule has 0 bridgehead atoms. The molecule has 0 atom stereocenters. The molecule has 0 radical (unpaired) electrons. The highest BCUT2D eigenvalue weighted by molar-refractivity contribution is 7.22. The zero-order valence-electron chi connectivity index (χ0n) is 8.06. The summed E-state index contributed by atoms with van der Waals surface area (Å²) in [5.74, 6) is -0.882. The molecule has 0 saturated heterocycles. The van der Waals surface area contributed by atoms with Gasteiger partial charge in [0.1, 0.15) is 9.88 Å². The highest BCUT2D eigenvalue weighted by Gasteiger charge is 2.16. The summed E-state index contributed by atoms with van der Waals surface area (Å²) in [6.07, 6.45) is 0.656. The fourth-order valence-electron chi connectivity index (χ4n) is 1.26. The highest BCUT2D eigenvalue weighted by Crippen LogP contribution is 2.31. The number of carboxylic acids is 1. The van der Waals surface area contributed by atoms with Gasteiger partial charge in [-0.1, -0.05) is 13.0 Å². The molecule has 0 aromatic carbocycles. The topological polar surface area (TPSA) is 50.2 Å². The van der Waals surface area contributed by atoms with Crippen molar-refractivity contribution in [1.29, 1.82) is 0 Å². The lowest BCUT2D eigenvalue weighted by Gasteiger charge is -1.89. The maximum absolute atomic E-state index is 10.9. The van der Waals surface area contributed by atoms with Crippen LogP contribution in [0.5, 0.6) is 0 Å². The Balaban J connectivity index is 2.48. The molecule has 0 aliphatic carbocycles. The number of nitrogens with zero attached hydrogens (tertiary/aromatic N) is 1. The van der Waals surface area contributed by atoms with E-state index in [0.717, 1.165) is 9.88 Å². The minimum Gasteiger partial charge on any atom is -0.477 e.